The molecule has 1 aromatic carbocycles. The van der Waals surface area contributed by atoms with Crippen molar-refractivity contribution >= 4 is 11.7 Å². The highest BCUT2D eigenvalue weighted by molar-refractivity contribution is 5.82. The number of benzene rings is 1. The maximum atomic E-state index is 14.4. The first-order valence-electron chi connectivity index (χ1n) is 13.8. The van der Waals surface area contributed by atoms with Gasteiger partial charge in [0, 0.05) is 67.8 Å². The summed E-state index contributed by atoms with van der Waals surface area (Å²) in [5.41, 5.74) is 2.28. The Morgan fingerprint density at radius 2 is 1.93 bits per heavy atom. The van der Waals surface area contributed by atoms with Crippen molar-refractivity contribution < 1.29 is 18.3 Å². The maximum absolute atomic E-state index is 14.4. The molecule has 2 atom stereocenters. The minimum atomic E-state index is -0.949. The number of anilines is 1. The van der Waals surface area contributed by atoms with E-state index < -0.39 is 12.2 Å². The molecule has 0 radical (unpaired) electrons. The lowest BCUT2D eigenvalue weighted by atomic mass is 9.72. The molecular formula is C28H30F2N8O2. The zero-order valence-corrected chi connectivity index (χ0v) is 22.0. The van der Waals surface area contributed by atoms with Crippen molar-refractivity contribution in [2.45, 2.75) is 50.2 Å². The van der Waals surface area contributed by atoms with Gasteiger partial charge < -0.3 is 19.9 Å². The summed E-state index contributed by atoms with van der Waals surface area (Å²) in [5.74, 6) is 1.22. The van der Waals surface area contributed by atoms with E-state index in [4.69, 9.17) is 4.74 Å². The monoisotopic (exact) mass is 548 g/mol. The van der Waals surface area contributed by atoms with E-state index in [1.165, 1.54) is 24.8 Å². The molecule has 0 unspecified atom stereocenters. The molecule has 1 amide bonds. The lowest BCUT2D eigenvalue weighted by Crippen LogP contribution is -2.62. The van der Waals surface area contributed by atoms with Crippen molar-refractivity contribution in [2.75, 3.05) is 37.6 Å². The average Bonchev–Trinajstić information content (AvgIpc) is 3.72. The molecule has 1 aliphatic carbocycles. The highest BCUT2D eigenvalue weighted by atomic mass is 19.1. The molecular weight excluding hydrogens is 518 g/mol. The number of amides is 1. The molecule has 40 heavy (non-hydrogen) atoms. The molecule has 3 aliphatic heterocycles. The van der Waals surface area contributed by atoms with Gasteiger partial charge in [0.1, 0.15) is 30.4 Å². The molecule has 4 fully saturated rings. The first-order valence-corrected chi connectivity index (χ1v) is 13.8. The molecule has 0 bridgehead atoms. The van der Waals surface area contributed by atoms with Gasteiger partial charge in [-0.05, 0) is 43.9 Å². The van der Waals surface area contributed by atoms with Crippen molar-refractivity contribution in [1.82, 2.24) is 35.4 Å². The van der Waals surface area contributed by atoms with Gasteiger partial charge in [-0.3, -0.25) is 4.79 Å². The Morgan fingerprint density at radius 3 is 2.67 bits per heavy atom. The summed E-state index contributed by atoms with van der Waals surface area (Å²) in [7, 11) is 0. The number of aromatic nitrogens is 5. The van der Waals surface area contributed by atoms with Gasteiger partial charge in [0.2, 0.25) is 5.91 Å². The predicted molar refractivity (Wildman–Crippen MR) is 141 cm³/mol. The molecule has 2 aromatic heterocycles. The Labute approximate surface area is 230 Å². The minimum absolute atomic E-state index is 0.00521. The first-order chi connectivity index (χ1) is 19.5. The molecule has 7 rings (SSSR count). The van der Waals surface area contributed by atoms with Crippen LogP contribution in [0.15, 0.2) is 37.1 Å². The zero-order chi connectivity index (χ0) is 27.3. The van der Waals surface area contributed by atoms with Crippen LogP contribution in [0.4, 0.5) is 14.6 Å². The smallest absolute Gasteiger partial charge is 0.282 e. The lowest BCUT2D eigenvalue weighted by Gasteiger charge is -2.54. The highest BCUT2D eigenvalue weighted by Gasteiger charge is 2.47. The third kappa shape index (κ3) is 4.74. The number of carbonyl (C=O) groups is 1. The van der Waals surface area contributed by atoms with Gasteiger partial charge in [-0.15, -0.1) is 10.2 Å². The van der Waals surface area contributed by atoms with Crippen LogP contribution in [-0.4, -0.2) is 80.9 Å². The Hall–Kier alpha value is -3.80. The number of nitrogens with one attached hydrogen (secondary N) is 1. The molecule has 1 saturated carbocycles. The number of nitrogens with zero attached hydrogens (tertiary/aromatic N) is 7. The molecule has 208 valence electrons. The zero-order valence-electron chi connectivity index (χ0n) is 22.0. The number of alkyl halides is 1. The van der Waals surface area contributed by atoms with Crippen molar-refractivity contribution in [1.29, 1.82) is 0 Å². The second kappa shape index (κ2) is 9.99. The van der Waals surface area contributed by atoms with E-state index in [2.05, 4.69) is 35.4 Å². The fourth-order valence-corrected chi connectivity index (χ4v) is 6.21. The van der Waals surface area contributed by atoms with Crippen LogP contribution in [0.3, 0.4) is 0 Å². The summed E-state index contributed by atoms with van der Waals surface area (Å²) in [6.45, 7) is 3.09. The summed E-state index contributed by atoms with van der Waals surface area (Å²) in [6.07, 6.45) is 7.76. The summed E-state index contributed by atoms with van der Waals surface area (Å²) >= 11 is 0. The van der Waals surface area contributed by atoms with Crippen LogP contribution < -0.4 is 15.0 Å². The molecule has 1 N–H and O–H groups in total. The van der Waals surface area contributed by atoms with Crippen LogP contribution >= 0.6 is 0 Å². The van der Waals surface area contributed by atoms with Crippen molar-refractivity contribution in [3.63, 3.8) is 0 Å². The quantitative estimate of drug-likeness (QED) is 0.496. The van der Waals surface area contributed by atoms with Crippen LogP contribution in [0.5, 0.6) is 11.6 Å². The topological polar surface area (TPSA) is 109 Å². The predicted octanol–water partition coefficient (Wildman–Crippen LogP) is 3.27. The maximum Gasteiger partial charge on any atom is 0.282 e. The first kappa shape index (κ1) is 25.2. The summed E-state index contributed by atoms with van der Waals surface area (Å²) in [4.78, 5) is 29.9. The van der Waals surface area contributed by atoms with Gasteiger partial charge in [0.25, 0.3) is 5.88 Å². The molecule has 4 aliphatic rings. The summed E-state index contributed by atoms with van der Waals surface area (Å²) in [6, 6.07) is 3.96. The largest absolute Gasteiger partial charge is 0.434 e. The van der Waals surface area contributed by atoms with Crippen LogP contribution in [0.25, 0.3) is 11.1 Å². The van der Waals surface area contributed by atoms with Crippen molar-refractivity contribution in [3.8, 4) is 22.8 Å². The fourth-order valence-electron chi connectivity index (χ4n) is 6.21. The van der Waals surface area contributed by atoms with Gasteiger partial charge in [-0.25, -0.2) is 23.7 Å². The SMILES string of the molecule is O=C([C@@H]1C[C@@H](F)CN1)N1CCC2(CC1)CN(c1ncnnc1Oc1ccc(F)cc1-c1cncnc1C1CC1)C2. The number of hydrogen-bond donors (Lipinski definition) is 1. The van der Waals surface area contributed by atoms with Crippen LogP contribution in [0.2, 0.25) is 0 Å². The number of hydrogen-bond acceptors (Lipinski definition) is 9. The van der Waals surface area contributed by atoms with Gasteiger partial charge in [0.15, 0.2) is 5.82 Å². The van der Waals surface area contributed by atoms with Gasteiger partial charge >= 0.3 is 0 Å². The van der Waals surface area contributed by atoms with Crippen LogP contribution in [-0.2, 0) is 4.79 Å². The van der Waals surface area contributed by atoms with E-state index in [0.29, 0.717) is 36.1 Å². The minimum Gasteiger partial charge on any atom is -0.434 e. The average molecular weight is 549 g/mol. The molecule has 1 spiro atoms. The number of carbonyl (C=O) groups excluding carboxylic acids is 1. The molecule has 5 heterocycles. The van der Waals surface area contributed by atoms with E-state index in [1.807, 2.05) is 4.90 Å². The third-order valence-electron chi connectivity index (χ3n) is 8.58. The standard InChI is InChI=1S/C28H30F2N8O2/c29-18-3-4-23(20(9-18)21-12-31-15-33-24(21)17-1-2-17)40-26-25(34-16-35-36-26)38-13-28(14-38)5-7-37(8-6-28)27(39)22-10-19(30)11-32-22/h3-4,9,12,15-17,19,22,32H,1-2,5-8,10-11,13-14H2/t19-,22+/m1/s1. The van der Waals surface area contributed by atoms with Gasteiger partial charge in [0.05, 0.1) is 11.7 Å². The second-order valence-electron chi connectivity index (χ2n) is 11.4. The Balaban J connectivity index is 1.06. The number of piperidine rings is 1. The van der Waals surface area contributed by atoms with E-state index in [0.717, 1.165) is 50.0 Å². The number of ether oxygens (including phenoxy) is 1. The van der Waals surface area contributed by atoms with Crippen LogP contribution in [0.1, 0.15) is 43.7 Å². The molecule has 3 saturated heterocycles. The molecule has 3 aromatic rings. The van der Waals surface area contributed by atoms with Crippen molar-refractivity contribution in [2.24, 2.45) is 5.41 Å². The third-order valence-corrected chi connectivity index (χ3v) is 8.58. The summed E-state index contributed by atoms with van der Waals surface area (Å²) < 4.78 is 34.2. The lowest BCUT2D eigenvalue weighted by molar-refractivity contribution is -0.135. The number of rotatable bonds is 6. The Morgan fingerprint density at radius 1 is 1.10 bits per heavy atom. The Bertz CT molecular complexity index is 1420. The fraction of sp³-hybridized carbons (Fsp3) is 0.500. The van der Waals surface area contributed by atoms with Gasteiger partial charge in [-0.1, -0.05) is 0 Å². The van der Waals surface area contributed by atoms with E-state index in [9.17, 15) is 13.6 Å². The second-order valence-corrected chi connectivity index (χ2v) is 11.4. The summed E-state index contributed by atoms with van der Waals surface area (Å²) in [5, 5.41) is 11.2. The highest BCUT2D eigenvalue weighted by Crippen LogP contribution is 2.47. The number of likely N-dealkylation sites (tertiary alicyclic amines) is 1. The normalized spacial score (nSPS) is 23.8. The van der Waals surface area contributed by atoms with E-state index in [1.54, 1.807) is 12.3 Å². The van der Waals surface area contributed by atoms with Crippen molar-refractivity contribution in [3.05, 3.63) is 48.6 Å². The van der Waals surface area contributed by atoms with E-state index >= 15 is 0 Å². The van der Waals surface area contributed by atoms with E-state index in [-0.39, 0.29) is 36.0 Å². The Kier molecular flexibility index (Phi) is 6.29. The molecule has 12 heteroatoms. The van der Waals surface area contributed by atoms with Crippen LogP contribution in [0, 0.1) is 11.2 Å². The van der Waals surface area contributed by atoms with Gasteiger partial charge in [-0.2, -0.15) is 0 Å². The number of halogens is 2. The molecule has 10 nitrogen and oxygen atoms in total.